The van der Waals surface area contributed by atoms with Crippen LogP contribution in [0.1, 0.15) is 5.56 Å². The maximum atomic E-state index is 9.41. The first kappa shape index (κ1) is 8.71. The highest BCUT2D eigenvalue weighted by molar-refractivity contribution is 5.55. The topological polar surface area (TPSA) is 71.7 Å². The minimum absolute atomic E-state index is 0.317. The number of hydroxylamine groups is 2. The van der Waals surface area contributed by atoms with Crippen molar-refractivity contribution in [2.75, 3.05) is 5.32 Å². The average molecular weight is 190 g/mol. The minimum atomic E-state index is 0.317. The van der Waals surface area contributed by atoms with Gasteiger partial charge in [0, 0.05) is 5.69 Å². The maximum absolute atomic E-state index is 9.41. The van der Waals surface area contributed by atoms with Crippen LogP contribution in [0.3, 0.4) is 0 Å². The van der Waals surface area contributed by atoms with Gasteiger partial charge in [-0.05, 0) is 11.6 Å². The summed E-state index contributed by atoms with van der Waals surface area (Å²) in [6.07, 6.45) is 1.38. The highest BCUT2D eigenvalue weighted by atomic mass is 16.5. The molecule has 1 aromatic carbocycles. The van der Waals surface area contributed by atoms with E-state index < -0.39 is 0 Å². The van der Waals surface area contributed by atoms with E-state index >= 15 is 0 Å². The zero-order chi connectivity index (χ0) is 9.97. The van der Waals surface area contributed by atoms with Gasteiger partial charge in [0.2, 0.25) is 0 Å². The fourth-order valence-electron chi connectivity index (χ4n) is 1.37. The summed E-state index contributed by atoms with van der Waals surface area (Å²) in [5.74, 6) is 0.317. The molecule has 5 heteroatoms. The second kappa shape index (κ2) is 3.47. The van der Waals surface area contributed by atoms with Gasteiger partial charge in [0.25, 0.3) is 0 Å². The highest BCUT2D eigenvalue weighted by Gasteiger charge is 2.11. The van der Waals surface area contributed by atoms with Gasteiger partial charge in [-0.2, -0.15) is 0 Å². The Kier molecular flexibility index (Phi) is 2.16. The van der Waals surface area contributed by atoms with Crippen LogP contribution in [0.25, 0.3) is 0 Å². The Morgan fingerprint density at radius 3 is 3.00 bits per heavy atom. The molecule has 0 unspecified atom stereocenters. The van der Waals surface area contributed by atoms with Crippen LogP contribution in [-0.2, 0) is 6.54 Å². The van der Waals surface area contributed by atoms with Crippen molar-refractivity contribution in [2.45, 2.75) is 6.54 Å². The van der Waals surface area contributed by atoms with Crippen molar-refractivity contribution in [3.8, 4) is 0 Å². The number of anilines is 1. The first-order valence-electron chi connectivity index (χ1n) is 4.19. The molecular formula is C9H10N4O. The zero-order valence-electron chi connectivity index (χ0n) is 7.44. The summed E-state index contributed by atoms with van der Waals surface area (Å²) < 4.78 is 0. The number of nitrogens with one attached hydrogen (secondary N) is 2. The molecule has 1 aromatic rings. The van der Waals surface area contributed by atoms with Gasteiger partial charge < -0.3 is 5.32 Å². The molecule has 14 heavy (non-hydrogen) atoms. The van der Waals surface area contributed by atoms with E-state index in [0.29, 0.717) is 12.4 Å². The molecule has 0 spiro atoms. The molecule has 72 valence electrons. The molecule has 1 aliphatic heterocycles. The third-order valence-electron chi connectivity index (χ3n) is 2.00. The summed E-state index contributed by atoms with van der Waals surface area (Å²) >= 11 is 0. The van der Waals surface area contributed by atoms with E-state index in [9.17, 15) is 5.21 Å². The van der Waals surface area contributed by atoms with Gasteiger partial charge in [-0.3, -0.25) is 10.3 Å². The summed E-state index contributed by atoms with van der Waals surface area (Å²) in [4.78, 5) is 0. The molecule has 2 rings (SSSR count). The van der Waals surface area contributed by atoms with Crippen LogP contribution in [-0.4, -0.2) is 10.3 Å². The summed E-state index contributed by atoms with van der Waals surface area (Å²) in [7, 11) is 0. The van der Waals surface area contributed by atoms with Crippen LogP contribution in [0.2, 0.25) is 0 Å². The van der Waals surface area contributed by atoms with E-state index in [1.165, 1.54) is 6.20 Å². The van der Waals surface area contributed by atoms with Crippen molar-refractivity contribution < 1.29 is 5.21 Å². The van der Waals surface area contributed by atoms with Gasteiger partial charge in [-0.25, -0.2) is 5.53 Å². The first-order chi connectivity index (χ1) is 6.79. The van der Waals surface area contributed by atoms with Gasteiger partial charge in [0.1, 0.15) is 0 Å². The standard InChI is InChI=1S/C9H10N4O/c10-12-9-6-13(14)5-7-3-1-2-4-8(7)11-9/h1-4,6,10-11,14H,5H2. The number of rotatable bonds is 1. The largest absolute Gasteiger partial charge is 0.337 e. The van der Waals surface area contributed by atoms with Crippen molar-refractivity contribution in [3.05, 3.63) is 41.8 Å². The first-order valence-corrected chi connectivity index (χ1v) is 4.19. The predicted octanol–water partition coefficient (Wildman–Crippen LogP) is 2.13. The van der Waals surface area contributed by atoms with Crippen LogP contribution in [0.15, 0.2) is 41.4 Å². The van der Waals surface area contributed by atoms with E-state index in [4.69, 9.17) is 5.53 Å². The molecule has 5 nitrogen and oxygen atoms in total. The van der Waals surface area contributed by atoms with E-state index in [0.717, 1.165) is 16.3 Å². The SMILES string of the molecule is N=NC1=CN(O)Cc2ccccc2N1. The lowest BCUT2D eigenvalue weighted by Gasteiger charge is -2.09. The molecule has 0 aliphatic carbocycles. The van der Waals surface area contributed by atoms with Crippen LogP contribution in [0.4, 0.5) is 5.69 Å². The molecule has 0 amide bonds. The van der Waals surface area contributed by atoms with Gasteiger partial charge in [-0.1, -0.05) is 18.2 Å². The van der Waals surface area contributed by atoms with Gasteiger partial charge in [-0.15, -0.1) is 5.11 Å². The number of hydrogen-bond acceptors (Lipinski definition) is 5. The second-order valence-electron chi connectivity index (χ2n) is 3.01. The molecule has 3 N–H and O–H groups in total. The predicted molar refractivity (Wildman–Crippen MR) is 50.6 cm³/mol. The average Bonchev–Trinajstić information content (AvgIpc) is 2.35. The Hall–Kier alpha value is -1.88. The van der Waals surface area contributed by atoms with E-state index in [2.05, 4.69) is 10.4 Å². The van der Waals surface area contributed by atoms with Crippen LogP contribution in [0, 0.1) is 5.53 Å². The van der Waals surface area contributed by atoms with Crippen LogP contribution < -0.4 is 5.32 Å². The summed E-state index contributed by atoms with van der Waals surface area (Å²) in [5, 5.41) is 16.6. The molecule has 0 radical (unpaired) electrons. The van der Waals surface area contributed by atoms with E-state index in [-0.39, 0.29) is 0 Å². The molecule has 1 heterocycles. The van der Waals surface area contributed by atoms with Crippen LogP contribution in [0.5, 0.6) is 0 Å². The summed E-state index contributed by atoms with van der Waals surface area (Å²) in [5.41, 5.74) is 8.71. The Morgan fingerprint density at radius 1 is 1.43 bits per heavy atom. The lowest BCUT2D eigenvalue weighted by molar-refractivity contribution is -0.0492. The van der Waals surface area contributed by atoms with Gasteiger partial charge in [0.15, 0.2) is 5.82 Å². The molecular weight excluding hydrogens is 180 g/mol. The minimum Gasteiger partial charge on any atom is -0.337 e. The summed E-state index contributed by atoms with van der Waals surface area (Å²) in [6.45, 7) is 0.391. The number of hydrogen-bond donors (Lipinski definition) is 3. The molecule has 0 aromatic heterocycles. The molecule has 0 saturated heterocycles. The van der Waals surface area contributed by atoms with Crippen molar-refractivity contribution in [3.63, 3.8) is 0 Å². The number of nitrogens with zero attached hydrogens (tertiary/aromatic N) is 2. The van der Waals surface area contributed by atoms with Crippen molar-refractivity contribution >= 4 is 5.69 Å². The summed E-state index contributed by atoms with van der Waals surface area (Å²) in [6, 6.07) is 7.58. The third kappa shape index (κ3) is 1.57. The lowest BCUT2D eigenvalue weighted by Crippen LogP contribution is -2.09. The molecule has 0 bridgehead atoms. The third-order valence-corrected chi connectivity index (χ3v) is 2.00. The van der Waals surface area contributed by atoms with Crippen LogP contribution >= 0.6 is 0 Å². The number of benzene rings is 1. The molecule has 0 fully saturated rings. The second-order valence-corrected chi connectivity index (χ2v) is 3.01. The normalized spacial score (nSPS) is 14.9. The highest BCUT2D eigenvalue weighted by Crippen LogP contribution is 2.22. The van der Waals surface area contributed by atoms with Crippen molar-refractivity contribution in [1.29, 1.82) is 5.53 Å². The number of para-hydroxylation sites is 1. The fraction of sp³-hybridized carbons (Fsp3) is 0.111. The quantitative estimate of drug-likeness (QED) is 0.594. The zero-order valence-corrected chi connectivity index (χ0v) is 7.44. The van der Waals surface area contributed by atoms with Gasteiger partial charge >= 0.3 is 0 Å². The molecule has 0 atom stereocenters. The fourth-order valence-corrected chi connectivity index (χ4v) is 1.37. The van der Waals surface area contributed by atoms with Crippen molar-refractivity contribution in [2.24, 2.45) is 5.11 Å². The van der Waals surface area contributed by atoms with E-state index in [1.807, 2.05) is 24.3 Å². The Morgan fingerprint density at radius 2 is 2.21 bits per heavy atom. The Balaban J connectivity index is 2.40. The Bertz CT molecular complexity index is 388. The van der Waals surface area contributed by atoms with Crippen molar-refractivity contribution in [1.82, 2.24) is 5.06 Å². The molecule has 0 saturated carbocycles. The Labute approximate surface area is 81.1 Å². The van der Waals surface area contributed by atoms with Gasteiger partial charge in [0.05, 0.1) is 12.7 Å². The van der Waals surface area contributed by atoms with E-state index in [1.54, 1.807) is 0 Å². The number of fused-ring (bicyclic) bond motifs is 1. The smallest absolute Gasteiger partial charge is 0.170 e. The monoisotopic (exact) mass is 190 g/mol. The molecule has 1 aliphatic rings. The maximum Gasteiger partial charge on any atom is 0.170 e. The lowest BCUT2D eigenvalue weighted by atomic mass is 10.2.